The van der Waals surface area contributed by atoms with Crippen molar-refractivity contribution >= 4 is 34.2 Å². The Labute approximate surface area is 207 Å². The summed E-state index contributed by atoms with van der Waals surface area (Å²) in [7, 11) is -1.27. The van der Waals surface area contributed by atoms with E-state index in [0.29, 0.717) is 54.8 Å². The van der Waals surface area contributed by atoms with Crippen molar-refractivity contribution in [2.24, 2.45) is 0 Å². The Morgan fingerprint density at radius 3 is 2.66 bits per heavy atom. The predicted molar refractivity (Wildman–Crippen MR) is 123 cm³/mol. The van der Waals surface area contributed by atoms with E-state index in [2.05, 4.69) is 10.2 Å². The number of alkyl halides is 3. The molecule has 0 aromatic heterocycles. The van der Waals surface area contributed by atoms with Gasteiger partial charge in [-0.15, -0.1) is 0 Å². The average molecular weight is 534 g/mol. The molecule has 0 aliphatic carbocycles. The summed E-state index contributed by atoms with van der Waals surface area (Å²) in [5, 5.41) is 12.1. The first-order chi connectivity index (χ1) is 16.6. The van der Waals surface area contributed by atoms with Gasteiger partial charge in [0.25, 0.3) is 6.41 Å². The van der Waals surface area contributed by atoms with Gasteiger partial charge in [-0.2, -0.15) is 13.2 Å². The van der Waals surface area contributed by atoms with Crippen LogP contribution in [0, 0.1) is 0 Å². The third kappa shape index (κ3) is 6.57. The molecular formula is C22H23ClF3N3O5S. The molecule has 1 amide bonds. The van der Waals surface area contributed by atoms with Crippen molar-refractivity contribution in [1.29, 1.82) is 0 Å². The van der Waals surface area contributed by atoms with Crippen LogP contribution < -0.4 is 10.1 Å². The van der Waals surface area contributed by atoms with Crippen LogP contribution in [0.4, 0.5) is 23.7 Å². The van der Waals surface area contributed by atoms with E-state index >= 15 is 0 Å². The van der Waals surface area contributed by atoms with Crippen molar-refractivity contribution in [3.63, 3.8) is 0 Å². The van der Waals surface area contributed by atoms with Crippen LogP contribution in [0.3, 0.4) is 0 Å². The molecule has 2 aromatic carbocycles. The number of nitrogens with zero attached hydrogens (tertiary/aromatic N) is 2. The minimum Gasteiger partial charge on any atom is -0.445 e. The van der Waals surface area contributed by atoms with Crippen molar-refractivity contribution in [2.75, 3.05) is 43.8 Å². The SMILES string of the molecule is O=C(OCc1cc(Cl)cc(C(F)(F)F)c1)N1CCN(CCS(=O)c2ccc3c(c2)OC(O)N3)CC1. The molecule has 13 heteroatoms. The molecule has 4 rings (SSSR count). The molecule has 190 valence electrons. The van der Waals surface area contributed by atoms with Gasteiger partial charge in [-0.05, 0) is 42.0 Å². The summed E-state index contributed by atoms with van der Waals surface area (Å²) in [5.74, 6) is 0.832. The smallest absolute Gasteiger partial charge is 0.416 e. The van der Waals surface area contributed by atoms with Gasteiger partial charge < -0.3 is 24.8 Å². The molecule has 0 bridgehead atoms. The molecule has 0 saturated carbocycles. The molecule has 8 nitrogen and oxygen atoms in total. The fraction of sp³-hybridized carbons (Fsp3) is 0.409. The summed E-state index contributed by atoms with van der Waals surface area (Å²) in [6, 6.07) is 8.11. The van der Waals surface area contributed by atoms with Gasteiger partial charge in [0.05, 0.1) is 22.1 Å². The van der Waals surface area contributed by atoms with Gasteiger partial charge in [-0.3, -0.25) is 9.11 Å². The van der Waals surface area contributed by atoms with Crippen LogP contribution in [0.15, 0.2) is 41.3 Å². The van der Waals surface area contributed by atoms with Crippen LogP contribution in [0.2, 0.25) is 5.02 Å². The Morgan fingerprint density at radius 1 is 1.20 bits per heavy atom. The maximum Gasteiger partial charge on any atom is 0.416 e. The molecule has 1 fully saturated rings. The Morgan fingerprint density at radius 2 is 1.94 bits per heavy atom. The van der Waals surface area contributed by atoms with Crippen LogP contribution >= 0.6 is 11.6 Å². The molecule has 2 atom stereocenters. The van der Waals surface area contributed by atoms with Crippen molar-refractivity contribution in [3.8, 4) is 5.75 Å². The van der Waals surface area contributed by atoms with E-state index in [0.717, 1.165) is 12.1 Å². The van der Waals surface area contributed by atoms with Gasteiger partial charge >= 0.3 is 12.3 Å². The Hall–Kier alpha value is -2.54. The molecule has 1 saturated heterocycles. The van der Waals surface area contributed by atoms with E-state index in [4.69, 9.17) is 21.1 Å². The first-order valence-corrected chi connectivity index (χ1v) is 12.4. The molecule has 0 radical (unpaired) electrons. The van der Waals surface area contributed by atoms with Crippen molar-refractivity contribution in [2.45, 2.75) is 24.1 Å². The molecule has 2 unspecified atom stereocenters. The predicted octanol–water partition coefficient (Wildman–Crippen LogP) is 3.50. The maximum absolute atomic E-state index is 12.9. The molecule has 2 N–H and O–H groups in total. The van der Waals surface area contributed by atoms with Gasteiger partial charge in [0.15, 0.2) is 0 Å². The lowest BCUT2D eigenvalue weighted by Crippen LogP contribution is -2.49. The number of ether oxygens (including phenoxy) is 2. The van der Waals surface area contributed by atoms with Crippen molar-refractivity contribution < 1.29 is 36.8 Å². The lowest BCUT2D eigenvalue weighted by Gasteiger charge is -2.34. The molecule has 2 aliphatic heterocycles. The van der Waals surface area contributed by atoms with E-state index in [1.807, 2.05) is 0 Å². The quantitative estimate of drug-likeness (QED) is 0.587. The number of halogens is 4. The van der Waals surface area contributed by atoms with Gasteiger partial charge in [0, 0.05) is 48.4 Å². The number of hydrogen-bond donors (Lipinski definition) is 2. The number of carbonyl (C=O) groups excluding carboxylic acids is 1. The Bertz CT molecular complexity index is 1110. The normalized spacial score (nSPS) is 19.0. The van der Waals surface area contributed by atoms with Crippen LogP contribution in [-0.2, 0) is 28.3 Å². The summed E-state index contributed by atoms with van der Waals surface area (Å²) < 4.78 is 61.8. The molecule has 0 spiro atoms. The van der Waals surface area contributed by atoms with Gasteiger partial charge in [0.2, 0.25) is 0 Å². The molecule has 35 heavy (non-hydrogen) atoms. The number of fused-ring (bicyclic) bond motifs is 1. The minimum absolute atomic E-state index is 0.0847. The van der Waals surface area contributed by atoms with Crippen molar-refractivity contribution in [1.82, 2.24) is 9.80 Å². The van der Waals surface area contributed by atoms with E-state index < -0.39 is 35.0 Å². The second kappa shape index (κ2) is 10.6. The van der Waals surface area contributed by atoms with E-state index in [1.54, 1.807) is 18.2 Å². The third-order valence-electron chi connectivity index (χ3n) is 5.60. The maximum atomic E-state index is 12.9. The molecular weight excluding hydrogens is 511 g/mol. The topological polar surface area (TPSA) is 91.3 Å². The number of benzene rings is 2. The van der Waals surface area contributed by atoms with E-state index in [1.165, 1.54) is 11.0 Å². The number of nitrogens with one attached hydrogen (secondary N) is 1. The standard InChI is InChI=1S/C22H23ClF3N3O5S/c23-16-10-14(9-15(11-16)22(24,25)26)13-33-21(31)29-5-3-28(4-6-29)7-8-35(32)17-1-2-18-19(12-17)34-20(30)27-18/h1-2,9-12,20,27,30H,3-8,13H2. The monoisotopic (exact) mass is 533 g/mol. The summed E-state index contributed by atoms with van der Waals surface area (Å²) in [4.78, 5) is 16.5. The highest BCUT2D eigenvalue weighted by Gasteiger charge is 2.31. The fourth-order valence-electron chi connectivity index (χ4n) is 3.76. The second-order valence-corrected chi connectivity index (χ2v) is 10.1. The number of piperazine rings is 1. The third-order valence-corrected chi connectivity index (χ3v) is 7.16. The van der Waals surface area contributed by atoms with Gasteiger partial charge in [0.1, 0.15) is 12.4 Å². The molecule has 2 aromatic rings. The highest BCUT2D eigenvalue weighted by atomic mass is 35.5. The average Bonchev–Trinajstić information content (AvgIpc) is 3.19. The molecule has 2 heterocycles. The largest absolute Gasteiger partial charge is 0.445 e. The molecule has 2 aliphatic rings. The van der Waals surface area contributed by atoms with Gasteiger partial charge in [-0.25, -0.2) is 4.79 Å². The number of carbonyl (C=O) groups is 1. The zero-order valence-corrected chi connectivity index (χ0v) is 20.0. The van der Waals surface area contributed by atoms with E-state index in [-0.39, 0.29) is 17.2 Å². The number of anilines is 1. The lowest BCUT2D eigenvalue weighted by atomic mass is 10.1. The first kappa shape index (κ1) is 25.5. The highest BCUT2D eigenvalue weighted by molar-refractivity contribution is 7.85. The number of aliphatic hydroxyl groups excluding tert-OH is 1. The first-order valence-electron chi connectivity index (χ1n) is 10.7. The lowest BCUT2D eigenvalue weighted by molar-refractivity contribution is -0.137. The number of aliphatic hydroxyl groups is 1. The number of hydrogen-bond acceptors (Lipinski definition) is 7. The summed E-state index contributed by atoms with van der Waals surface area (Å²) in [5.41, 5.74) is -0.109. The number of amides is 1. The minimum atomic E-state index is -4.54. The summed E-state index contributed by atoms with van der Waals surface area (Å²) >= 11 is 5.76. The van der Waals surface area contributed by atoms with Gasteiger partial charge in [-0.1, -0.05) is 11.6 Å². The zero-order valence-electron chi connectivity index (χ0n) is 18.4. The Balaban J connectivity index is 1.21. The van der Waals surface area contributed by atoms with Crippen LogP contribution in [0.25, 0.3) is 0 Å². The van der Waals surface area contributed by atoms with Crippen LogP contribution in [0.1, 0.15) is 11.1 Å². The Kier molecular flexibility index (Phi) is 7.74. The second-order valence-electron chi connectivity index (χ2n) is 8.05. The zero-order chi connectivity index (χ0) is 25.2. The van der Waals surface area contributed by atoms with Crippen LogP contribution in [-0.4, -0.2) is 70.1 Å². The summed E-state index contributed by atoms with van der Waals surface area (Å²) in [6.07, 6.45) is -6.27. The highest BCUT2D eigenvalue weighted by Crippen LogP contribution is 2.33. The van der Waals surface area contributed by atoms with Crippen LogP contribution in [0.5, 0.6) is 5.75 Å². The van der Waals surface area contributed by atoms with E-state index in [9.17, 15) is 27.3 Å². The van der Waals surface area contributed by atoms with Crippen molar-refractivity contribution in [3.05, 3.63) is 52.5 Å². The number of rotatable bonds is 6. The summed E-state index contributed by atoms with van der Waals surface area (Å²) in [6.45, 7) is 2.09. The fourth-order valence-corrected chi connectivity index (χ4v) is 5.14.